The van der Waals surface area contributed by atoms with Crippen molar-refractivity contribution in [1.29, 1.82) is 0 Å². The number of nitrogens with zero attached hydrogens (tertiary/aromatic N) is 1. The number of nitrogens with one attached hydrogen (secondary N) is 1. The molecular formula is C15H26N2O3. The Labute approximate surface area is 121 Å². The summed E-state index contributed by atoms with van der Waals surface area (Å²) in [5.41, 5.74) is 1.12. The minimum atomic E-state index is -0.163. The van der Waals surface area contributed by atoms with Gasteiger partial charge in [0, 0.05) is 19.1 Å². The third-order valence-electron chi connectivity index (χ3n) is 3.30. The standard InChI is InChI=1S/C15H26N2O3/c1-12(2)17(8-9-18)15(11-19)16-10-13-4-6-14(20-3)7-5-13/h4-7,12,15-16,18-19H,8-11H2,1-3H3. The van der Waals surface area contributed by atoms with Crippen LogP contribution < -0.4 is 10.1 Å². The topological polar surface area (TPSA) is 65.0 Å². The fourth-order valence-electron chi connectivity index (χ4n) is 2.16. The maximum atomic E-state index is 9.53. The van der Waals surface area contributed by atoms with Crippen LogP contribution in [0.5, 0.6) is 5.75 Å². The van der Waals surface area contributed by atoms with E-state index in [1.807, 2.05) is 43.0 Å². The average molecular weight is 282 g/mol. The molecule has 20 heavy (non-hydrogen) atoms. The van der Waals surface area contributed by atoms with Crippen molar-refractivity contribution in [2.75, 3.05) is 26.9 Å². The van der Waals surface area contributed by atoms with Crippen LogP contribution in [0.4, 0.5) is 0 Å². The quantitative estimate of drug-likeness (QED) is 0.585. The van der Waals surface area contributed by atoms with Crippen LogP contribution in [-0.4, -0.2) is 54.2 Å². The maximum absolute atomic E-state index is 9.53. The van der Waals surface area contributed by atoms with Crippen molar-refractivity contribution in [3.8, 4) is 5.75 Å². The molecule has 0 aliphatic carbocycles. The van der Waals surface area contributed by atoms with Gasteiger partial charge in [-0.25, -0.2) is 0 Å². The molecule has 0 aromatic heterocycles. The van der Waals surface area contributed by atoms with E-state index in [9.17, 15) is 5.11 Å². The summed E-state index contributed by atoms with van der Waals surface area (Å²) in [6.07, 6.45) is -0.163. The highest BCUT2D eigenvalue weighted by Crippen LogP contribution is 2.11. The van der Waals surface area contributed by atoms with E-state index in [2.05, 4.69) is 5.32 Å². The lowest BCUT2D eigenvalue weighted by atomic mass is 10.2. The Morgan fingerprint density at radius 2 is 1.85 bits per heavy atom. The van der Waals surface area contributed by atoms with Crippen molar-refractivity contribution in [3.63, 3.8) is 0 Å². The number of hydrogen-bond donors (Lipinski definition) is 3. The second-order valence-corrected chi connectivity index (χ2v) is 4.98. The van der Waals surface area contributed by atoms with Gasteiger partial charge in [0.25, 0.3) is 0 Å². The SMILES string of the molecule is COc1ccc(CNC(CO)N(CCO)C(C)C)cc1. The second-order valence-electron chi connectivity index (χ2n) is 4.98. The molecule has 0 radical (unpaired) electrons. The van der Waals surface area contributed by atoms with E-state index in [4.69, 9.17) is 9.84 Å². The molecule has 1 rings (SSSR count). The lowest BCUT2D eigenvalue weighted by molar-refractivity contribution is 0.0565. The molecule has 0 heterocycles. The summed E-state index contributed by atoms with van der Waals surface area (Å²) < 4.78 is 5.12. The predicted molar refractivity (Wildman–Crippen MR) is 79.6 cm³/mol. The lowest BCUT2D eigenvalue weighted by Gasteiger charge is -2.34. The average Bonchev–Trinajstić information content (AvgIpc) is 2.47. The van der Waals surface area contributed by atoms with Gasteiger partial charge in [-0.15, -0.1) is 0 Å². The Morgan fingerprint density at radius 3 is 2.30 bits per heavy atom. The van der Waals surface area contributed by atoms with Crippen molar-refractivity contribution in [1.82, 2.24) is 10.2 Å². The van der Waals surface area contributed by atoms with Crippen LogP contribution in [0, 0.1) is 0 Å². The zero-order valence-corrected chi connectivity index (χ0v) is 12.5. The highest BCUT2D eigenvalue weighted by atomic mass is 16.5. The summed E-state index contributed by atoms with van der Waals surface area (Å²) in [4.78, 5) is 2.05. The fourth-order valence-corrected chi connectivity index (χ4v) is 2.16. The molecule has 0 aliphatic rings. The molecule has 3 N–H and O–H groups in total. The summed E-state index contributed by atoms with van der Waals surface area (Å²) in [6.45, 7) is 5.39. The normalized spacial score (nSPS) is 12.9. The first-order valence-corrected chi connectivity index (χ1v) is 6.96. The molecule has 0 bridgehead atoms. The van der Waals surface area contributed by atoms with Crippen molar-refractivity contribution in [2.45, 2.75) is 32.6 Å². The van der Waals surface area contributed by atoms with Gasteiger partial charge in [-0.05, 0) is 31.5 Å². The summed E-state index contributed by atoms with van der Waals surface area (Å²) >= 11 is 0. The van der Waals surface area contributed by atoms with E-state index in [1.54, 1.807) is 7.11 Å². The van der Waals surface area contributed by atoms with Crippen LogP contribution in [0.15, 0.2) is 24.3 Å². The number of aliphatic hydroxyl groups excluding tert-OH is 2. The molecule has 114 valence electrons. The van der Waals surface area contributed by atoms with Crippen LogP contribution in [0.1, 0.15) is 19.4 Å². The van der Waals surface area contributed by atoms with Gasteiger partial charge in [0.2, 0.25) is 0 Å². The Balaban J connectivity index is 2.58. The highest BCUT2D eigenvalue weighted by Gasteiger charge is 2.19. The number of rotatable bonds is 9. The lowest BCUT2D eigenvalue weighted by Crippen LogP contribution is -2.51. The number of methoxy groups -OCH3 is 1. The molecule has 0 aliphatic heterocycles. The monoisotopic (exact) mass is 282 g/mol. The molecule has 0 amide bonds. The highest BCUT2D eigenvalue weighted by molar-refractivity contribution is 5.27. The second kappa shape index (κ2) is 8.92. The van der Waals surface area contributed by atoms with Crippen molar-refractivity contribution < 1.29 is 14.9 Å². The molecule has 1 aromatic rings. The smallest absolute Gasteiger partial charge is 0.118 e. The van der Waals surface area contributed by atoms with Crippen LogP contribution in [-0.2, 0) is 6.54 Å². The Morgan fingerprint density at radius 1 is 1.20 bits per heavy atom. The van der Waals surface area contributed by atoms with E-state index in [-0.39, 0.29) is 25.4 Å². The van der Waals surface area contributed by atoms with E-state index in [0.717, 1.165) is 11.3 Å². The van der Waals surface area contributed by atoms with Crippen molar-refractivity contribution >= 4 is 0 Å². The largest absolute Gasteiger partial charge is 0.497 e. The molecule has 0 saturated carbocycles. The number of benzene rings is 1. The minimum absolute atomic E-state index is 0.00827. The molecule has 0 saturated heterocycles. The fraction of sp³-hybridized carbons (Fsp3) is 0.600. The number of aliphatic hydroxyl groups is 2. The van der Waals surface area contributed by atoms with Crippen LogP contribution in [0.25, 0.3) is 0 Å². The molecule has 5 nitrogen and oxygen atoms in total. The Kier molecular flexibility index (Phi) is 7.54. The first kappa shape index (κ1) is 16.9. The third kappa shape index (κ3) is 5.09. The molecule has 0 spiro atoms. The number of hydrogen-bond acceptors (Lipinski definition) is 5. The third-order valence-corrected chi connectivity index (χ3v) is 3.30. The van der Waals surface area contributed by atoms with Crippen LogP contribution in [0.2, 0.25) is 0 Å². The summed E-state index contributed by atoms with van der Waals surface area (Å²) in [7, 11) is 1.64. The van der Waals surface area contributed by atoms with Gasteiger partial charge in [-0.1, -0.05) is 12.1 Å². The summed E-state index contributed by atoms with van der Waals surface area (Å²) in [5.74, 6) is 0.830. The molecule has 1 aromatic carbocycles. The van der Waals surface area contributed by atoms with Gasteiger partial charge < -0.3 is 14.9 Å². The Hall–Kier alpha value is -1.14. The number of ether oxygens (including phenoxy) is 1. The van der Waals surface area contributed by atoms with Crippen molar-refractivity contribution in [3.05, 3.63) is 29.8 Å². The molecular weight excluding hydrogens is 256 g/mol. The predicted octanol–water partition coefficient (Wildman–Crippen LogP) is 0.806. The molecule has 5 heteroatoms. The maximum Gasteiger partial charge on any atom is 0.118 e. The van der Waals surface area contributed by atoms with Gasteiger partial charge in [-0.2, -0.15) is 0 Å². The zero-order chi connectivity index (χ0) is 15.0. The van der Waals surface area contributed by atoms with E-state index in [0.29, 0.717) is 13.1 Å². The first-order valence-electron chi connectivity index (χ1n) is 6.96. The molecule has 0 fully saturated rings. The summed E-state index contributed by atoms with van der Waals surface area (Å²) in [5, 5.41) is 21.9. The summed E-state index contributed by atoms with van der Waals surface area (Å²) in [6, 6.07) is 8.07. The van der Waals surface area contributed by atoms with Crippen LogP contribution in [0.3, 0.4) is 0 Å². The molecule has 1 unspecified atom stereocenters. The zero-order valence-electron chi connectivity index (χ0n) is 12.5. The minimum Gasteiger partial charge on any atom is -0.497 e. The van der Waals surface area contributed by atoms with E-state index >= 15 is 0 Å². The van der Waals surface area contributed by atoms with Gasteiger partial charge in [0.1, 0.15) is 5.75 Å². The van der Waals surface area contributed by atoms with Crippen LogP contribution >= 0.6 is 0 Å². The van der Waals surface area contributed by atoms with E-state index < -0.39 is 0 Å². The Bertz CT molecular complexity index is 368. The van der Waals surface area contributed by atoms with Gasteiger partial charge >= 0.3 is 0 Å². The van der Waals surface area contributed by atoms with Gasteiger partial charge in [-0.3, -0.25) is 10.2 Å². The molecule has 1 atom stereocenters. The van der Waals surface area contributed by atoms with Gasteiger partial charge in [0.05, 0.1) is 26.5 Å². The first-order chi connectivity index (χ1) is 9.62. The van der Waals surface area contributed by atoms with Crippen molar-refractivity contribution in [2.24, 2.45) is 0 Å². The van der Waals surface area contributed by atoms with E-state index in [1.165, 1.54) is 0 Å². The van der Waals surface area contributed by atoms with Gasteiger partial charge in [0.15, 0.2) is 0 Å².